The monoisotopic (exact) mass is 156 g/mol. The summed E-state index contributed by atoms with van der Waals surface area (Å²) in [5.74, 6) is 0. The molecule has 1 saturated carbocycles. The van der Waals surface area contributed by atoms with Crippen molar-refractivity contribution in [1.82, 2.24) is 5.01 Å². The van der Waals surface area contributed by atoms with Gasteiger partial charge in [0.25, 0.3) is 0 Å². The van der Waals surface area contributed by atoms with E-state index in [0.717, 1.165) is 18.6 Å². The number of rotatable bonds is 1. The van der Waals surface area contributed by atoms with Gasteiger partial charge in [-0.2, -0.15) is 5.10 Å². The fourth-order valence-electron chi connectivity index (χ4n) is 0.820. The highest BCUT2D eigenvalue weighted by Gasteiger charge is 2.13. The molecule has 0 aromatic carbocycles. The molecule has 1 amide bonds. The summed E-state index contributed by atoms with van der Waals surface area (Å²) in [6.45, 7) is 0. The quantitative estimate of drug-likeness (QED) is 0.536. The van der Waals surface area contributed by atoms with Crippen LogP contribution in [0.25, 0.3) is 0 Å². The summed E-state index contributed by atoms with van der Waals surface area (Å²) in [5, 5.41) is 5.26. The second kappa shape index (κ2) is 3.37. The number of hydrogen-bond donors (Lipinski definition) is 0. The Morgan fingerprint density at radius 1 is 1.64 bits per heavy atom. The number of hydrazone groups is 1. The Labute approximate surface area is 65.8 Å². The van der Waals surface area contributed by atoms with Gasteiger partial charge in [0.2, 0.25) is 0 Å². The minimum atomic E-state index is -0.413. The lowest BCUT2D eigenvalue weighted by Crippen LogP contribution is -2.24. The number of hydrogen-bond acceptors (Lipinski definition) is 3. The second-order valence-electron chi connectivity index (χ2n) is 2.51. The first-order valence-corrected chi connectivity index (χ1v) is 3.62. The van der Waals surface area contributed by atoms with Crippen molar-refractivity contribution in [2.45, 2.75) is 19.3 Å². The predicted molar refractivity (Wildman–Crippen MR) is 41.5 cm³/mol. The summed E-state index contributed by atoms with van der Waals surface area (Å²) in [6, 6.07) is 0. The van der Waals surface area contributed by atoms with Crippen molar-refractivity contribution in [3.63, 3.8) is 0 Å². The highest BCUT2D eigenvalue weighted by Crippen LogP contribution is 2.14. The largest absolute Gasteiger partial charge is 0.451 e. The van der Waals surface area contributed by atoms with E-state index in [1.807, 2.05) is 0 Å². The van der Waals surface area contributed by atoms with Gasteiger partial charge in [0.1, 0.15) is 0 Å². The van der Waals surface area contributed by atoms with Crippen LogP contribution in [0.3, 0.4) is 0 Å². The van der Waals surface area contributed by atoms with Gasteiger partial charge in [-0.1, -0.05) is 0 Å². The van der Waals surface area contributed by atoms with E-state index in [1.54, 1.807) is 7.05 Å². The molecule has 4 heteroatoms. The van der Waals surface area contributed by atoms with Crippen molar-refractivity contribution in [2.24, 2.45) is 5.10 Å². The topological polar surface area (TPSA) is 41.9 Å². The third-order valence-corrected chi connectivity index (χ3v) is 1.66. The number of ether oxygens (including phenoxy) is 1. The highest BCUT2D eigenvalue weighted by atomic mass is 16.5. The zero-order valence-electron chi connectivity index (χ0n) is 6.83. The molecule has 1 fully saturated rings. The van der Waals surface area contributed by atoms with Gasteiger partial charge in [-0.3, -0.25) is 0 Å². The van der Waals surface area contributed by atoms with E-state index in [2.05, 4.69) is 9.84 Å². The van der Waals surface area contributed by atoms with Crippen LogP contribution < -0.4 is 0 Å². The van der Waals surface area contributed by atoms with Crippen LogP contribution in [-0.4, -0.2) is 31.0 Å². The van der Waals surface area contributed by atoms with E-state index in [0.29, 0.717) is 0 Å². The highest BCUT2D eigenvalue weighted by molar-refractivity contribution is 5.89. The third-order valence-electron chi connectivity index (χ3n) is 1.66. The van der Waals surface area contributed by atoms with Crippen LogP contribution in [0.15, 0.2) is 5.10 Å². The summed E-state index contributed by atoms with van der Waals surface area (Å²) in [6.07, 6.45) is 2.81. The van der Waals surface area contributed by atoms with E-state index >= 15 is 0 Å². The Morgan fingerprint density at radius 2 is 2.27 bits per heavy atom. The number of amides is 1. The van der Waals surface area contributed by atoms with Gasteiger partial charge in [0, 0.05) is 12.8 Å². The van der Waals surface area contributed by atoms with Gasteiger partial charge in [-0.25, -0.2) is 9.80 Å². The Hall–Kier alpha value is -1.06. The fourth-order valence-corrected chi connectivity index (χ4v) is 0.820. The minimum Gasteiger partial charge on any atom is -0.451 e. The molecule has 0 saturated heterocycles. The van der Waals surface area contributed by atoms with E-state index in [-0.39, 0.29) is 0 Å². The lowest BCUT2D eigenvalue weighted by molar-refractivity contribution is 0.134. The Bertz CT molecular complexity index is 183. The molecule has 0 atom stereocenters. The summed E-state index contributed by atoms with van der Waals surface area (Å²) in [4.78, 5) is 10.8. The lowest BCUT2D eigenvalue weighted by Gasteiger charge is -2.17. The SMILES string of the molecule is COC(=O)N(C)N=C1CCC1. The number of carbonyl (C=O) groups excluding carboxylic acids is 1. The lowest BCUT2D eigenvalue weighted by atomic mass is 9.98. The van der Waals surface area contributed by atoms with Gasteiger partial charge in [0.05, 0.1) is 7.11 Å². The first-order chi connectivity index (χ1) is 5.24. The van der Waals surface area contributed by atoms with Crippen LogP contribution in [0.4, 0.5) is 4.79 Å². The fraction of sp³-hybridized carbons (Fsp3) is 0.714. The Kier molecular flexibility index (Phi) is 2.46. The maximum absolute atomic E-state index is 10.8. The number of carbonyl (C=O) groups is 1. The molecule has 0 spiro atoms. The first kappa shape index (κ1) is 8.04. The molecule has 1 aliphatic carbocycles. The molecule has 0 unspecified atom stereocenters. The normalized spacial score (nSPS) is 15.3. The number of methoxy groups -OCH3 is 1. The molecule has 11 heavy (non-hydrogen) atoms. The summed E-state index contributed by atoms with van der Waals surface area (Å²) in [7, 11) is 2.94. The third kappa shape index (κ3) is 1.93. The van der Waals surface area contributed by atoms with Crippen molar-refractivity contribution >= 4 is 11.8 Å². The molecule has 0 aromatic rings. The Balaban J connectivity index is 2.41. The van der Waals surface area contributed by atoms with Crippen molar-refractivity contribution in [2.75, 3.05) is 14.2 Å². The van der Waals surface area contributed by atoms with Crippen LogP contribution >= 0.6 is 0 Å². The van der Waals surface area contributed by atoms with Crippen molar-refractivity contribution in [1.29, 1.82) is 0 Å². The van der Waals surface area contributed by atoms with Crippen molar-refractivity contribution in [3.05, 3.63) is 0 Å². The molecule has 0 aliphatic heterocycles. The Morgan fingerprint density at radius 3 is 2.64 bits per heavy atom. The van der Waals surface area contributed by atoms with Crippen LogP contribution in [0.5, 0.6) is 0 Å². The second-order valence-corrected chi connectivity index (χ2v) is 2.51. The molecule has 1 aliphatic rings. The molecule has 0 radical (unpaired) electrons. The first-order valence-electron chi connectivity index (χ1n) is 3.62. The van der Waals surface area contributed by atoms with Crippen LogP contribution in [0, 0.1) is 0 Å². The van der Waals surface area contributed by atoms with E-state index in [9.17, 15) is 4.79 Å². The van der Waals surface area contributed by atoms with Gasteiger partial charge in [0.15, 0.2) is 0 Å². The number of nitrogens with zero attached hydrogens (tertiary/aromatic N) is 2. The van der Waals surface area contributed by atoms with Gasteiger partial charge in [-0.05, 0) is 19.3 Å². The van der Waals surface area contributed by atoms with Gasteiger partial charge >= 0.3 is 6.09 Å². The standard InChI is InChI=1S/C7H12N2O2/c1-9(7(10)11-2)8-6-4-3-5-6/h3-5H2,1-2H3. The zero-order chi connectivity index (χ0) is 8.27. The van der Waals surface area contributed by atoms with Crippen molar-refractivity contribution < 1.29 is 9.53 Å². The smallest absolute Gasteiger partial charge is 0.429 e. The van der Waals surface area contributed by atoms with E-state index < -0.39 is 6.09 Å². The maximum atomic E-state index is 10.8. The average molecular weight is 156 g/mol. The molecule has 62 valence electrons. The summed E-state index contributed by atoms with van der Waals surface area (Å²) >= 11 is 0. The van der Waals surface area contributed by atoms with E-state index in [1.165, 1.54) is 18.5 Å². The van der Waals surface area contributed by atoms with Gasteiger partial charge < -0.3 is 4.74 Å². The molecular formula is C7H12N2O2. The van der Waals surface area contributed by atoms with Gasteiger partial charge in [-0.15, -0.1) is 0 Å². The predicted octanol–water partition coefficient (Wildman–Crippen LogP) is 1.22. The van der Waals surface area contributed by atoms with Crippen LogP contribution in [-0.2, 0) is 4.74 Å². The maximum Gasteiger partial charge on any atom is 0.429 e. The molecule has 0 bridgehead atoms. The average Bonchev–Trinajstić information content (AvgIpc) is 1.94. The molecule has 0 N–H and O–H groups in total. The zero-order valence-corrected chi connectivity index (χ0v) is 6.83. The van der Waals surface area contributed by atoms with E-state index in [4.69, 9.17) is 0 Å². The molecule has 4 nitrogen and oxygen atoms in total. The molecular weight excluding hydrogens is 144 g/mol. The molecule has 0 heterocycles. The van der Waals surface area contributed by atoms with Crippen LogP contribution in [0.2, 0.25) is 0 Å². The van der Waals surface area contributed by atoms with Crippen molar-refractivity contribution in [3.8, 4) is 0 Å². The summed E-state index contributed by atoms with van der Waals surface area (Å²) in [5.41, 5.74) is 1.08. The minimum absolute atomic E-state index is 0.413. The van der Waals surface area contributed by atoms with Crippen LogP contribution in [0.1, 0.15) is 19.3 Å². The molecule has 1 rings (SSSR count). The molecule has 0 aromatic heterocycles. The summed E-state index contributed by atoms with van der Waals surface area (Å²) < 4.78 is 4.46.